The van der Waals surface area contributed by atoms with Crippen LogP contribution in [0.1, 0.15) is 5.56 Å². The summed E-state index contributed by atoms with van der Waals surface area (Å²) in [7, 11) is 1.76. The van der Waals surface area contributed by atoms with Crippen LogP contribution in [0.4, 0.5) is 11.4 Å². The van der Waals surface area contributed by atoms with Crippen molar-refractivity contribution >= 4 is 11.4 Å². The summed E-state index contributed by atoms with van der Waals surface area (Å²) in [4.78, 5) is 2.29. The van der Waals surface area contributed by atoms with Crippen LogP contribution in [-0.4, -0.2) is 26.3 Å². The zero-order chi connectivity index (χ0) is 10.1. The number of hydrogen-bond donors (Lipinski definition) is 1. The predicted octanol–water partition coefficient (Wildman–Crippen LogP) is 1.41. The summed E-state index contributed by atoms with van der Waals surface area (Å²) < 4.78 is 5.23. The Hall–Kier alpha value is -1.22. The molecule has 0 unspecified atom stereocenters. The fraction of sp³-hybridized carbons (Fsp3) is 0.455. The maximum absolute atomic E-state index is 5.76. The van der Waals surface area contributed by atoms with Gasteiger partial charge in [-0.05, 0) is 30.7 Å². The molecule has 1 saturated heterocycles. The fourth-order valence-corrected chi connectivity index (χ4v) is 1.65. The molecule has 1 aromatic rings. The molecule has 0 radical (unpaired) electrons. The molecule has 76 valence electrons. The highest BCUT2D eigenvalue weighted by Gasteiger charge is 2.26. The van der Waals surface area contributed by atoms with E-state index >= 15 is 0 Å². The standard InChI is InChI=1S/C11H16N2O/c1-8-5-9(3-4-11(8)12)13-6-10(7-13)14-2/h3-5,10H,6-7,12H2,1-2H3. The zero-order valence-corrected chi connectivity index (χ0v) is 8.66. The van der Waals surface area contributed by atoms with Gasteiger partial charge < -0.3 is 15.4 Å². The quantitative estimate of drug-likeness (QED) is 0.720. The second kappa shape index (κ2) is 3.50. The van der Waals surface area contributed by atoms with Crippen LogP contribution in [0.3, 0.4) is 0 Å². The van der Waals surface area contributed by atoms with Crippen LogP contribution >= 0.6 is 0 Å². The second-order valence-corrected chi connectivity index (χ2v) is 3.80. The summed E-state index contributed by atoms with van der Waals surface area (Å²) in [6.45, 7) is 4.01. The second-order valence-electron chi connectivity index (χ2n) is 3.80. The van der Waals surface area contributed by atoms with Gasteiger partial charge in [-0.3, -0.25) is 0 Å². The Morgan fingerprint density at radius 1 is 1.43 bits per heavy atom. The number of rotatable bonds is 2. The van der Waals surface area contributed by atoms with Gasteiger partial charge in [0.25, 0.3) is 0 Å². The SMILES string of the molecule is COC1CN(c2ccc(N)c(C)c2)C1. The number of methoxy groups -OCH3 is 1. The van der Waals surface area contributed by atoms with Gasteiger partial charge >= 0.3 is 0 Å². The number of nitrogen functional groups attached to an aromatic ring is 1. The monoisotopic (exact) mass is 192 g/mol. The first-order valence-corrected chi connectivity index (χ1v) is 4.84. The maximum atomic E-state index is 5.76. The van der Waals surface area contributed by atoms with Gasteiger partial charge in [-0.15, -0.1) is 0 Å². The Kier molecular flexibility index (Phi) is 2.33. The Balaban J connectivity index is 2.08. The summed E-state index contributed by atoms with van der Waals surface area (Å²) in [6, 6.07) is 6.15. The number of ether oxygens (including phenoxy) is 1. The summed E-state index contributed by atoms with van der Waals surface area (Å²) in [5.41, 5.74) is 9.00. The van der Waals surface area contributed by atoms with Crippen molar-refractivity contribution in [2.75, 3.05) is 30.8 Å². The lowest BCUT2D eigenvalue weighted by atomic mass is 10.1. The first-order valence-electron chi connectivity index (χ1n) is 4.84. The van der Waals surface area contributed by atoms with Gasteiger partial charge in [0.15, 0.2) is 0 Å². The Bertz CT molecular complexity index is 332. The van der Waals surface area contributed by atoms with Gasteiger partial charge in [0, 0.05) is 31.6 Å². The van der Waals surface area contributed by atoms with Crippen LogP contribution in [0, 0.1) is 6.92 Å². The van der Waals surface area contributed by atoms with E-state index in [0.717, 1.165) is 24.3 Å². The average Bonchev–Trinajstić information content (AvgIpc) is 2.09. The van der Waals surface area contributed by atoms with Crippen LogP contribution in [0.2, 0.25) is 0 Å². The summed E-state index contributed by atoms with van der Waals surface area (Å²) in [5, 5.41) is 0. The molecule has 1 aliphatic heterocycles. The van der Waals surface area contributed by atoms with Crippen molar-refractivity contribution in [1.29, 1.82) is 0 Å². The van der Waals surface area contributed by atoms with Crippen molar-refractivity contribution in [3.05, 3.63) is 23.8 Å². The topological polar surface area (TPSA) is 38.5 Å². The van der Waals surface area contributed by atoms with Gasteiger partial charge in [-0.25, -0.2) is 0 Å². The number of nitrogens with two attached hydrogens (primary N) is 1. The molecule has 0 atom stereocenters. The van der Waals surface area contributed by atoms with E-state index in [1.54, 1.807) is 7.11 Å². The molecular formula is C11H16N2O. The first kappa shape index (κ1) is 9.34. The molecule has 3 nitrogen and oxygen atoms in total. The number of nitrogens with zero attached hydrogens (tertiary/aromatic N) is 1. The minimum absolute atomic E-state index is 0.396. The van der Waals surface area contributed by atoms with Crippen LogP contribution in [0.5, 0.6) is 0 Å². The number of anilines is 2. The van der Waals surface area contributed by atoms with Gasteiger partial charge in [-0.2, -0.15) is 0 Å². The molecule has 0 saturated carbocycles. The van der Waals surface area contributed by atoms with Gasteiger partial charge in [-0.1, -0.05) is 0 Å². The molecule has 0 aliphatic carbocycles. The molecule has 2 rings (SSSR count). The van der Waals surface area contributed by atoms with Gasteiger partial charge in [0.1, 0.15) is 0 Å². The van der Waals surface area contributed by atoms with Crippen molar-refractivity contribution < 1.29 is 4.74 Å². The minimum atomic E-state index is 0.396. The molecule has 1 heterocycles. The highest BCUT2D eigenvalue weighted by molar-refractivity contribution is 5.59. The molecular weight excluding hydrogens is 176 g/mol. The Morgan fingerprint density at radius 2 is 2.14 bits per heavy atom. The molecule has 14 heavy (non-hydrogen) atoms. The molecule has 0 bridgehead atoms. The first-order chi connectivity index (χ1) is 6.70. The third-order valence-electron chi connectivity index (χ3n) is 2.80. The normalized spacial score (nSPS) is 16.9. The third-order valence-corrected chi connectivity index (χ3v) is 2.80. The van der Waals surface area contributed by atoms with Crippen molar-refractivity contribution in [1.82, 2.24) is 0 Å². The minimum Gasteiger partial charge on any atom is -0.399 e. The van der Waals surface area contributed by atoms with Gasteiger partial charge in [0.05, 0.1) is 6.10 Å². The van der Waals surface area contributed by atoms with Crippen LogP contribution in [0.15, 0.2) is 18.2 Å². The van der Waals surface area contributed by atoms with E-state index in [4.69, 9.17) is 10.5 Å². The van der Waals surface area contributed by atoms with E-state index in [1.807, 2.05) is 13.0 Å². The van der Waals surface area contributed by atoms with Crippen molar-refractivity contribution in [2.24, 2.45) is 0 Å². The lowest BCUT2D eigenvalue weighted by Gasteiger charge is -2.40. The van der Waals surface area contributed by atoms with Crippen LogP contribution in [0.25, 0.3) is 0 Å². The molecule has 0 spiro atoms. The van der Waals surface area contributed by atoms with Crippen LogP contribution in [-0.2, 0) is 4.74 Å². The zero-order valence-electron chi connectivity index (χ0n) is 8.66. The molecule has 3 heteroatoms. The smallest absolute Gasteiger partial charge is 0.0920 e. The van der Waals surface area contributed by atoms with E-state index in [2.05, 4.69) is 17.0 Å². The van der Waals surface area contributed by atoms with E-state index in [1.165, 1.54) is 5.69 Å². The molecule has 2 N–H and O–H groups in total. The highest BCUT2D eigenvalue weighted by atomic mass is 16.5. The number of hydrogen-bond acceptors (Lipinski definition) is 3. The van der Waals surface area contributed by atoms with Crippen molar-refractivity contribution in [3.63, 3.8) is 0 Å². The van der Waals surface area contributed by atoms with E-state index in [0.29, 0.717) is 6.10 Å². The van der Waals surface area contributed by atoms with Gasteiger partial charge in [0.2, 0.25) is 0 Å². The van der Waals surface area contributed by atoms with E-state index in [-0.39, 0.29) is 0 Å². The number of benzene rings is 1. The third kappa shape index (κ3) is 1.55. The predicted molar refractivity (Wildman–Crippen MR) is 58.6 cm³/mol. The van der Waals surface area contributed by atoms with Crippen molar-refractivity contribution in [3.8, 4) is 0 Å². The summed E-state index contributed by atoms with van der Waals surface area (Å²) in [5.74, 6) is 0. The maximum Gasteiger partial charge on any atom is 0.0920 e. The highest BCUT2D eigenvalue weighted by Crippen LogP contribution is 2.25. The largest absolute Gasteiger partial charge is 0.399 e. The molecule has 1 fully saturated rings. The number of aryl methyl sites for hydroxylation is 1. The molecule has 0 aromatic heterocycles. The van der Waals surface area contributed by atoms with Crippen LogP contribution < -0.4 is 10.6 Å². The summed E-state index contributed by atoms with van der Waals surface area (Å²) in [6.07, 6.45) is 0.396. The van der Waals surface area contributed by atoms with Crippen molar-refractivity contribution in [2.45, 2.75) is 13.0 Å². The average molecular weight is 192 g/mol. The summed E-state index contributed by atoms with van der Waals surface area (Å²) >= 11 is 0. The lowest BCUT2D eigenvalue weighted by molar-refractivity contribution is 0.0787. The van der Waals surface area contributed by atoms with E-state index in [9.17, 15) is 0 Å². The lowest BCUT2D eigenvalue weighted by Crippen LogP contribution is -2.51. The molecule has 1 aliphatic rings. The Labute approximate surface area is 84.5 Å². The molecule has 0 amide bonds. The van der Waals surface area contributed by atoms with E-state index < -0.39 is 0 Å². The fourth-order valence-electron chi connectivity index (χ4n) is 1.65. The Morgan fingerprint density at radius 3 is 2.71 bits per heavy atom. The molecule has 1 aromatic carbocycles.